The molecule has 0 radical (unpaired) electrons. The van der Waals surface area contributed by atoms with Gasteiger partial charge in [-0.3, -0.25) is 4.57 Å². The Bertz CT molecular complexity index is 1220. The third-order valence-electron chi connectivity index (χ3n) is 4.78. The van der Waals surface area contributed by atoms with Crippen molar-refractivity contribution in [2.24, 2.45) is 0 Å². The first-order chi connectivity index (χ1) is 15.1. The summed E-state index contributed by atoms with van der Waals surface area (Å²) in [4.78, 5) is 17.3. The number of hydrogen-bond acceptors (Lipinski definition) is 4. The van der Waals surface area contributed by atoms with E-state index >= 15 is 0 Å². The molecule has 31 heavy (non-hydrogen) atoms. The standard InChI is InChI=1S/C23H21F2N3O3/c1-2-27-20-12-19(31-15-21(24)25)13-26-22(20)28(23(27)29)17-8-10-18(11-9-17)30-14-16-6-4-3-5-7-16/h3-13,21H,2,14-15H2,1H3. The highest BCUT2D eigenvalue weighted by atomic mass is 19.3. The Hall–Kier alpha value is -3.68. The molecule has 4 rings (SSSR count). The third kappa shape index (κ3) is 4.42. The molecule has 6 nitrogen and oxygen atoms in total. The zero-order valence-corrected chi connectivity index (χ0v) is 16.9. The van der Waals surface area contributed by atoms with Crippen LogP contribution in [0, 0.1) is 0 Å². The van der Waals surface area contributed by atoms with E-state index in [1.165, 1.54) is 15.3 Å². The van der Waals surface area contributed by atoms with Gasteiger partial charge in [-0.15, -0.1) is 0 Å². The van der Waals surface area contributed by atoms with E-state index in [9.17, 15) is 13.6 Å². The number of benzene rings is 2. The summed E-state index contributed by atoms with van der Waals surface area (Å²) in [6, 6.07) is 18.5. The Morgan fingerprint density at radius 2 is 1.74 bits per heavy atom. The molecular formula is C23H21F2N3O3. The highest BCUT2D eigenvalue weighted by molar-refractivity contribution is 5.75. The number of pyridine rings is 1. The van der Waals surface area contributed by atoms with E-state index in [2.05, 4.69) is 4.98 Å². The largest absolute Gasteiger partial charge is 0.489 e. The second kappa shape index (κ2) is 8.99. The highest BCUT2D eigenvalue weighted by Crippen LogP contribution is 2.23. The summed E-state index contributed by atoms with van der Waals surface area (Å²) in [6.07, 6.45) is -1.24. The van der Waals surface area contributed by atoms with Crippen LogP contribution in [0.25, 0.3) is 16.9 Å². The molecule has 0 N–H and O–H groups in total. The van der Waals surface area contributed by atoms with Gasteiger partial charge in [0.25, 0.3) is 6.43 Å². The Balaban J connectivity index is 1.62. The lowest BCUT2D eigenvalue weighted by Gasteiger charge is -2.08. The van der Waals surface area contributed by atoms with E-state index in [0.29, 0.717) is 35.8 Å². The number of ether oxygens (including phenoxy) is 2. The summed E-state index contributed by atoms with van der Waals surface area (Å²) in [5, 5.41) is 0. The van der Waals surface area contributed by atoms with Crippen LogP contribution in [0.4, 0.5) is 8.78 Å². The van der Waals surface area contributed by atoms with Crippen molar-refractivity contribution in [3.8, 4) is 17.2 Å². The lowest BCUT2D eigenvalue weighted by molar-refractivity contribution is 0.0818. The van der Waals surface area contributed by atoms with Gasteiger partial charge in [-0.05, 0) is 36.8 Å². The molecule has 0 fully saturated rings. The van der Waals surface area contributed by atoms with E-state index in [4.69, 9.17) is 9.47 Å². The molecule has 0 aliphatic carbocycles. The summed E-state index contributed by atoms with van der Waals surface area (Å²) in [6.45, 7) is 1.95. The minimum Gasteiger partial charge on any atom is -0.489 e. The molecule has 0 aliphatic heterocycles. The van der Waals surface area contributed by atoms with Crippen molar-refractivity contribution in [3.05, 3.63) is 82.9 Å². The van der Waals surface area contributed by atoms with Crippen molar-refractivity contribution in [1.82, 2.24) is 14.1 Å². The summed E-state index contributed by atoms with van der Waals surface area (Å²) in [5.74, 6) is 0.868. The zero-order chi connectivity index (χ0) is 21.8. The van der Waals surface area contributed by atoms with Gasteiger partial charge in [0.1, 0.15) is 24.7 Å². The molecule has 160 valence electrons. The van der Waals surface area contributed by atoms with E-state index < -0.39 is 13.0 Å². The minimum absolute atomic E-state index is 0.191. The van der Waals surface area contributed by atoms with Gasteiger partial charge in [-0.25, -0.2) is 23.1 Å². The fourth-order valence-electron chi connectivity index (χ4n) is 3.32. The first-order valence-corrected chi connectivity index (χ1v) is 9.86. The van der Waals surface area contributed by atoms with Gasteiger partial charge >= 0.3 is 5.69 Å². The van der Waals surface area contributed by atoms with Gasteiger partial charge in [0, 0.05) is 12.6 Å². The molecule has 0 spiro atoms. The number of alkyl halides is 2. The first kappa shape index (κ1) is 20.6. The number of halogens is 2. The number of imidazole rings is 1. The van der Waals surface area contributed by atoms with Crippen molar-refractivity contribution in [3.63, 3.8) is 0 Å². The monoisotopic (exact) mass is 425 g/mol. The highest BCUT2D eigenvalue weighted by Gasteiger charge is 2.16. The van der Waals surface area contributed by atoms with Crippen LogP contribution in [-0.4, -0.2) is 27.2 Å². The molecule has 0 amide bonds. The number of aryl methyl sites for hydroxylation is 1. The van der Waals surface area contributed by atoms with Crippen LogP contribution in [0.15, 0.2) is 71.7 Å². The van der Waals surface area contributed by atoms with E-state index in [-0.39, 0.29) is 11.4 Å². The van der Waals surface area contributed by atoms with Crippen molar-refractivity contribution in [1.29, 1.82) is 0 Å². The maximum Gasteiger partial charge on any atom is 0.334 e. The van der Waals surface area contributed by atoms with Gasteiger partial charge < -0.3 is 9.47 Å². The maximum absolute atomic E-state index is 13.0. The van der Waals surface area contributed by atoms with Crippen molar-refractivity contribution < 1.29 is 18.3 Å². The maximum atomic E-state index is 13.0. The fourth-order valence-corrected chi connectivity index (χ4v) is 3.32. The molecule has 0 bridgehead atoms. The van der Waals surface area contributed by atoms with Crippen LogP contribution in [0.2, 0.25) is 0 Å². The average molecular weight is 425 g/mol. The Morgan fingerprint density at radius 1 is 1.00 bits per heavy atom. The first-order valence-electron chi connectivity index (χ1n) is 9.86. The Morgan fingerprint density at radius 3 is 2.42 bits per heavy atom. The minimum atomic E-state index is -2.59. The second-order valence-electron chi connectivity index (χ2n) is 6.85. The Labute approximate surface area is 177 Å². The van der Waals surface area contributed by atoms with Crippen LogP contribution >= 0.6 is 0 Å². The van der Waals surface area contributed by atoms with Crippen molar-refractivity contribution in [2.75, 3.05) is 6.61 Å². The summed E-state index contributed by atoms with van der Waals surface area (Å²) >= 11 is 0. The average Bonchev–Trinajstić information content (AvgIpc) is 3.07. The molecule has 0 saturated carbocycles. The number of rotatable bonds is 8. The molecule has 2 aromatic heterocycles. The molecule has 0 atom stereocenters. The van der Waals surface area contributed by atoms with Crippen molar-refractivity contribution in [2.45, 2.75) is 26.5 Å². The molecule has 0 saturated heterocycles. The molecule has 8 heteroatoms. The van der Waals surface area contributed by atoms with E-state index in [1.54, 1.807) is 30.3 Å². The number of hydrogen-bond donors (Lipinski definition) is 0. The molecule has 2 aromatic carbocycles. The van der Waals surface area contributed by atoms with E-state index in [0.717, 1.165) is 5.56 Å². The lowest BCUT2D eigenvalue weighted by Crippen LogP contribution is -2.22. The predicted octanol–water partition coefficient (Wildman–Crippen LogP) is 4.43. The van der Waals surface area contributed by atoms with Crippen LogP contribution in [0.5, 0.6) is 11.5 Å². The van der Waals surface area contributed by atoms with Gasteiger partial charge in [-0.1, -0.05) is 30.3 Å². The fraction of sp³-hybridized carbons (Fsp3) is 0.217. The predicted molar refractivity (Wildman–Crippen MR) is 113 cm³/mol. The number of fused-ring (bicyclic) bond motifs is 1. The summed E-state index contributed by atoms with van der Waals surface area (Å²) < 4.78 is 38.7. The van der Waals surface area contributed by atoms with E-state index in [1.807, 2.05) is 37.3 Å². The van der Waals surface area contributed by atoms with Gasteiger partial charge in [0.2, 0.25) is 0 Å². The van der Waals surface area contributed by atoms with Gasteiger partial charge in [-0.2, -0.15) is 0 Å². The Kier molecular flexibility index (Phi) is 5.97. The molecule has 4 aromatic rings. The number of aromatic nitrogens is 3. The SMILES string of the molecule is CCn1c(=O)n(-c2ccc(OCc3ccccc3)cc2)c2ncc(OCC(F)F)cc21. The second-order valence-corrected chi connectivity index (χ2v) is 6.85. The summed E-state index contributed by atoms with van der Waals surface area (Å²) in [7, 11) is 0. The molecular weight excluding hydrogens is 404 g/mol. The zero-order valence-electron chi connectivity index (χ0n) is 16.9. The smallest absolute Gasteiger partial charge is 0.334 e. The molecule has 2 heterocycles. The molecule has 0 aliphatic rings. The summed E-state index contributed by atoms with van der Waals surface area (Å²) in [5.41, 5.74) is 2.36. The lowest BCUT2D eigenvalue weighted by atomic mass is 10.2. The van der Waals surface area contributed by atoms with Crippen LogP contribution in [0.3, 0.4) is 0 Å². The van der Waals surface area contributed by atoms with Crippen LogP contribution < -0.4 is 15.2 Å². The quantitative estimate of drug-likeness (QED) is 0.419. The third-order valence-corrected chi connectivity index (χ3v) is 4.78. The van der Waals surface area contributed by atoms with Crippen molar-refractivity contribution >= 4 is 11.2 Å². The topological polar surface area (TPSA) is 58.3 Å². The van der Waals surface area contributed by atoms with Crippen LogP contribution in [0.1, 0.15) is 12.5 Å². The molecule has 0 unspecified atom stereocenters. The van der Waals surface area contributed by atoms with Gasteiger partial charge in [0.15, 0.2) is 5.65 Å². The normalized spacial score (nSPS) is 11.2. The van der Waals surface area contributed by atoms with Crippen LogP contribution in [-0.2, 0) is 13.2 Å². The number of nitrogens with zero attached hydrogens (tertiary/aromatic N) is 3. The van der Waals surface area contributed by atoms with Gasteiger partial charge in [0.05, 0.1) is 17.4 Å².